The fraction of sp³-hybridized carbons (Fsp3) is 0.533. The van der Waals surface area contributed by atoms with Crippen LogP contribution in [0.3, 0.4) is 0 Å². The number of hydrogen-bond acceptors (Lipinski definition) is 10. The van der Waals surface area contributed by atoms with Gasteiger partial charge in [-0.1, -0.05) is 24.3 Å². The highest BCUT2D eigenvalue weighted by molar-refractivity contribution is 6.19. The van der Waals surface area contributed by atoms with Crippen LogP contribution in [0.25, 0.3) is 10.8 Å². The number of amides is 4. The average molecular weight is 848 g/mol. The molecule has 0 aromatic heterocycles. The Balaban J connectivity index is 1.09. The number of fused-ring (bicyclic) bond motifs is 3. The molecule has 15 heteroatoms. The third-order valence-corrected chi connectivity index (χ3v) is 11.5. The van der Waals surface area contributed by atoms with Gasteiger partial charge in [0.25, 0.3) is 5.91 Å². The first-order valence-electron chi connectivity index (χ1n) is 20.9. The third-order valence-electron chi connectivity index (χ3n) is 11.2. The Morgan fingerprint density at radius 2 is 1.65 bits per heavy atom. The molecule has 0 radical (unpaired) electrons. The summed E-state index contributed by atoms with van der Waals surface area (Å²) in [5, 5.41) is 4.49. The van der Waals surface area contributed by atoms with Gasteiger partial charge in [-0.15, -0.1) is 11.6 Å². The molecule has 14 nitrogen and oxygen atoms in total. The van der Waals surface area contributed by atoms with Gasteiger partial charge < -0.3 is 38.5 Å². The number of piperazine rings is 1. The van der Waals surface area contributed by atoms with Gasteiger partial charge in [0.2, 0.25) is 5.91 Å². The molecular formula is C45H58ClN5O9. The number of halogens is 1. The van der Waals surface area contributed by atoms with Crippen molar-refractivity contribution in [3.63, 3.8) is 0 Å². The summed E-state index contributed by atoms with van der Waals surface area (Å²) in [6.07, 6.45) is 2.68. The van der Waals surface area contributed by atoms with E-state index in [2.05, 4.69) is 10.2 Å². The van der Waals surface area contributed by atoms with Crippen LogP contribution in [0.4, 0.5) is 21.0 Å². The predicted octanol–water partition coefficient (Wildman–Crippen LogP) is 7.72. The van der Waals surface area contributed by atoms with E-state index < -0.39 is 23.8 Å². The molecule has 324 valence electrons. The Morgan fingerprint density at radius 1 is 0.917 bits per heavy atom. The topological polar surface area (TPSA) is 147 Å². The van der Waals surface area contributed by atoms with Crippen molar-refractivity contribution in [2.24, 2.45) is 0 Å². The number of nitrogens with one attached hydrogen (secondary N) is 1. The van der Waals surface area contributed by atoms with Crippen molar-refractivity contribution in [2.45, 2.75) is 90.7 Å². The molecule has 0 spiro atoms. The fourth-order valence-electron chi connectivity index (χ4n) is 8.06. The summed E-state index contributed by atoms with van der Waals surface area (Å²) in [7, 11) is 2.03. The molecule has 3 aliphatic rings. The van der Waals surface area contributed by atoms with Crippen molar-refractivity contribution in [3.05, 3.63) is 59.2 Å². The molecular weight excluding hydrogens is 790 g/mol. The molecule has 3 aromatic carbocycles. The van der Waals surface area contributed by atoms with Crippen molar-refractivity contribution >= 4 is 63.7 Å². The molecule has 3 heterocycles. The smallest absolute Gasteiger partial charge is 0.415 e. The third kappa shape index (κ3) is 10.8. The fourth-order valence-corrected chi connectivity index (χ4v) is 8.31. The van der Waals surface area contributed by atoms with Gasteiger partial charge in [-0.05, 0) is 89.4 Å². The van der Waals surface area contributed by atoms with E-state index in [0.29, 0.717) is 87.8 Å². The summed E-state index contributed by atoms with van der Waals surface area (Å²) in [5.74, 6) is 0.481. The molecule has 2 saturated heterocycles. The normalized spacial score (nSPS) is 18.0. The molecule has 0 aliphatic carbocycles. The van der Waals surface area contributed by atoms with Crippen LogP contribution >= 0.6 is 11.6 Å². The van der Waals surface area contributed by atoms with E-state index in [1.165, 1.54) is 6.92 Å². The van der Waals surface area contributed by atoms with E-state index in [1.807, 2.05) is 44.3 Å². The Hall–Kier alpha value is -5.08. The van der Waals surface area contributed by atoms with Gasteiger partial charge in [-0.25, -0.2) is 9.59 Å². The molecule has 6 rings (SSSR count). The second kappa shape index (κ2) is 19.5. The maximum atomic E-state index is 13.9. The summed E-state index contributed by atoms with van der Waals surface area (Å²) in [5.41, 5.74) is 2.21. The Labute approximate surface area is 357 Å². The second-order valence-corrected chi connectivity index (χ2v) is 17.2. The number of aryl methyl sites for hydroxylation is 1. The van der Waals surface area contributed by atoms with Crippen molar-refractivity contribution < 1.29 is 42.9 Å². The zero-order valence-corrected chi connectivity index (χ0v) is 36.4. The molecule has 0 saturated carbocycles. The maximum absolute atomic E-state index is 13.9. The summed E-state index contributed by atoms with van der Waals surface area (Å²) in [4.78, 5) is 72.8. The first-order chi connectivity index (χ1) is 28.6. The SMILES string of the molecule is CC(=O)OC[C@@H]1CCCN1C(=O)c1cc(C)c(OCCCCCC(=O)N2C[C@@H](CCl)c3c2cc(OC(=O)N2CCN(C)CC2)c2ccccc32)cc1NC(=O)OC(C)(C)C. The van der Waals surface area contributed by atoms with Gasteiger partial charge in [0, 0.05) is 81.9 Å². The lowest BCUT2D eigenvalue weighted by Crippen LogP contribution is -2.48. The summed E-state index contributed by atoms with van der Waals surface area (Å²) < 4.78 is 23.0. The number of anilines is 2. The van der Waals surface area contributed by atoms with Crippen molar-refractivity contribution in [1.29, 1.82) is 0 Å². The minimum Gasteiger partial charge on any atom is -0.493 e. The highest BCUT2D eigenvalue weighted by Crippen LogP contribution is 2.46. The summed E-state index contributed by atoms with van der Waals surface area (Å²) in [6.45, 7) is 12.6. The summed E-state index contributed by atoms with van der Waals surface area (Å²) in [6, 6.07) is 12.7. The highest BCUT2D eigenvalue weighted by atomic mass is 35.5. The van der Waals surface area contributed by atoms with Crippen LogP contribution in [0.1, 0.15) is 93.6 Å². The first kappa shape index (κ1) is 44.5. The lowest BCUT2D eigenvalue weighted by molar-refractivity contribution is -0.142. The molecule has 3 aliphatic heterocycles. The molecule has 2 atom stereocenters. The number of benzene rings is 3. The van der Waals surface area contributed by atoms with E-state index in [0.717, 1.165) is 41.5 Å². The van der Waals surface area contributed by atoms with Crippen molar-refractivity contribution in [2.75, 3.05) is 75.6 Å². The van der Waals surface area contributed by atoms with Crippen LogP contribution in [0.5, 0.6) is 11.5 Å². The van der Waals surface area contributed by atoms with Gasteiger partial charge in [-0.2, -0.15) is 0 Å². The number of rotatable bonds is 13. The van der Waals surface area contributed by atoms with Crippen LogP contribution in [0, 0.1) is 6.92 Å². The van der Waals surface area contributed by atoms with Crippen molar-refractivity contribution in [1.82, 2.24) is 14.7 Å². The quantitative estimate of drug-likeness (QED) is 0.103. The van der Waals surface area contributed by atoms with E-state index in [4.69, 9.17) is 30.5 Å². The molecule has 0 bridgehead atoms. The second-order valence-electron chi connectivity index (χ2n) is 16.9. The minimum atomic E-state index is -0.759. The number of likely N-dealkylation sites (tertiary alicyclic amines) is 1. The highest BCUT2D eigenvalue weighted by Gasteiger charge is 2.36. The Morgan fingerprint density at radius 3 is 2.35 bits per heavy atom. The Bertz CT molecular complexity index is 2080. The monoisotopic (exact) mass is 847 g/mol. The van der Waals surface area contributed by atoms with Crippen LogP contribution in [-0.4, -0.2) is 122 Å². The number of carbonyl (C=O) groups is 5. The zero-order chi connectivity index (χ0) is 43.1. The van der Waals surface area contributed by atoms with Gasteiger partial charge in [-0.3, -0.25) is 19.7 Å². The molecule has 60 heavy (non-hydrogen) atoms. The minimum absolute atomic E-state index is 0.0292. The van der Waals surface area contributed by atoms with Crippen LogP contribution in [-0.2, 0) is 19.1 Å². The van der Waals surface area contributed by atoms with E-state index >= 15 is 0 Å². The average Bonchev–Trinajstić information content (AvgIpc) is 3.83. The molecule has 3 aromatic rings. The number of ether oxygens (including phenoxy) is 4. The molecule has 0 unspecified atom stereocenters. The number of carbonyl (C=O) groups excluding carboxylic acids is 5. The zero-order valence-electron chi connectivity index (χ0n) is 35.6. The summed E-state index contributed by atoms with van der Waals surface area (Å²) >= 11 is 6.50. The van der Waals surface area contributed by atoms with Gasteiger partial charge >= 0.3 is 18.2 Å². The predicted molar refractivity (Wildman–Crippen MR) is 231 cm³/mol. The number of alkyl halides is 1. The standard InChI is InChI=1S/C45H58ClN5O9/c1-29-23-35(42(54)50-17-12-13-32(50)28-58-30(2)52)36(47-43(55)60-45(3,4)5)24-38(29)57-22-11-7-8-16-40(53)51-27-31(26-46)41-34-15-10-9-14-33(34)39(25-37(41)51)59-44(56)49-20-18-48(6)19-21-49/h9-10,14-15,23-25,31-32H,7-8,11-13,16-22,26-28H2,1-6H3,(H,47,55)/t31-,32+/m1/s1. The lowest BCUT2D eigenvalue weighted by atomic mass is 9.95. The van der Waals surface area contributed by atoms with Crippen molar-refractivity contribution in [3.8, 4) is 11.5 Å². The molecule has 4 amide bonds. The van der Waals surface area contributed by atoms with Crippen LogP contribution in [0.2, 0.25) is 0 Å². The number of likely N-dealkylation sites (N-methyl/N-ethyl adjacent to an activating group) is 1. The Kier molecular flexibility index (Phi) is 14.5. The van der Waals surface area contributed by atoms with Crippen LogP contribution < -0.4 is 19.7 Å². The van der Waals surface area contributed by atoms with Crippen LogP contribution in [0.15, 0.2) is 42.5 Å². The van der Waals surface area contributed by atoms with Gasteiger partial charge in [0.05, 0.1) is 29.6 Å². The maximum Gasteiger partial charge on any atom is 0.415 e. The number of esters is 1. The van der Waals surface area contributed by atoms with E-state index in [1.54, 1.807) is 47.6 Å². The molecule has 1 N–H and O–H groups in total. The van der Waals surface area contributed by atoms with E-state index in [9.17, 15) is 24.0 Å². The number of hydrogen-bond donors (Lipinski definition) is 1. The van der Waals surface area contributed by atoms with Gasteiger partial charge in [0.1, 0.15) is 23.7 Å². The largest absolute Gasteiger partial charge is 0.493 e. The van der Waals surface area contributed by atoms with Gasteiger partial charge in [0.15, 0.2) is 0 Å². The van der Waals surface area contributed by atoms with E-state index in [-0.39, 0.29) is 41.6 Å². The number of nitrogens with zero attached hydrogens (tertiary/aromatic N) is 4. The number of unbranched alkanes of at least 4 members (excludes halogenated alkanes) is 2. The lowest BCUT2D eigenvalue weighted by Gasteiger charge is -2.31. The molecule has 2 fully saturated rings. The first-order valence-corrected chi connectivity index (χ1v) is 21.5.